The molecule has 0 fully saturated rings. The van der Waals surface area contributed by atoms with Gasteiger partial charge in [0.25, 0.3) is 0 Å². The molecule has 0 amide bonds. The molecule has 2 rings (SSSR count). The Morgan fingerprint density at radius 3 is 2.35 bits per heavy atom. The summed E-state index contributed by atoms with van der Waals surface area (Å²) >= 11 is 0. The van der Waals surface area contributed by atoms with E-state index in [1.165, 1.54) is 22.4 Å². The van der Waals surface area contributed by atoms with Crippen LogP contribution in [-0.4, -0.2) is 6.54 Å². The number of aryl methyl sites for hydroxylation is 1. The standard InChI is InChI=1S/C16H19N/c1-3-11-17-16-9-7-14(8-10-16)15-6-4-5-13(2)12-15/h4-10,12,17H,3,11H2,1-2H3. The van der Waals surface area contributed by atoms with Gasteiger partial charge in [-0.3, -0.25) is 0 Å². The Hall–Kier alpha value is -1.76. The van der Waals surface area contributed by atoms with Crippen LogP contribution in [0.15, 0.2) is 48.5 Å². The van der Waals surface area contributed by atoms with Crippen LogP contribution in [0.3, 0.4) is 0 Å². The number of hydrogen-bond acceptors (Lipinski definition) is 1. The van der Waals surface area contributed by atoms with Crippen molar-refractivity contribution in [2.75, 3.05) is 11.9 Å². The summed E-state index contributed by atoms with van der Waals surface area (Å²) < 4.78 is 0. The quantitative estimate of drug-likeness (QED) is 0.808. The molecule has 1 nitrogen and oxygen atoms in total. The first-order chi connectivity index (χ1) is 8.29. The zero-order chi connectivity index (χ0) is 12.1. The van der Waals surface area contributed by atoms with E-state index < -0.39 is 0 Å². The second-order valence-electron chi connectivity index (χ2n) is 4.37. The van der Waals surface area contributed by atoms with Gasteiger partial charge < -0.3 is 5.32 Å². The zero-order valence-corrected chi connectivity index (χ0v) is 10.5. The molecule has 17 heavy (non-hydrogen) atoms. The van der Waals surface area contributed by atoms with Crippen molar-refractivity contribution >= 4 is 5.69 Å². The van der Waals surface area contributed by atoms with E-state index in [-0.39, 0.29) is 0 Å². The van der Waals surface area contributed by atoms with Crippen LogP contribution in [0.4, 0.5) is 5.69 Å². The Morgan fingerprint density at radius 1 is 0.941 bits per heavy atom. The van der Waals surface area contributed by atoms with Crippen molar-refractivity contribution in [3.63, 3.8) is 0 Å². The molecule has 0 atom stereocenters. The largest absolute Gasteiger partial charge is 0.385 e. The highest BCUT2D eigenvalue weighted by atomic mass is 14.9. The minimum Gasteiger partial charge on any atom is -0.385 e. The molecule has 0 saturated heterocycles. The number of rotatable bonds is 4. The van der Waals surface area contributed by atoms with E-state index in [9.17, 15) is 0 Å². The second-order valence-corrected chi connectivity index (χ2v) is 4.37. The second kappa shape index (κ2) is 5.53. The lowest BCUT2D eigenvalue weighted by Gasteiger charge is -2.07. The fourth-order valence-electron chi connectivity index (χ4n) is 1.87. The SMILES string of the molecule is CCCNc1ccc(-c2cccc(C)c2)cc1. The highest BCUT2D eigenvalue weighted by Gasteiger charge is 1.97. The van der Waals surface area contributed by atoms with Gasteiger partial charge >= 0.3 is 0 Å². The third kappa shape index (κ3) is 3.10. The smallest absolute Gasteiger partial charge is 0.0340 e. The van der Waals surface area contributed by atoms with Gasteiger partial charge in [-0.15, -0.1) is 0 Å². The van der Waals surface area contributed by atoms with E-state index in [4.69, 9.17) is 0 Å². The van der Waals surface area contributed by atoms with Gasteiger partial charge in [0.05, 0.1) is 0 Å². The number of hydrogen-bond donors (Lipinski definition) is 1. The van der Waals surface area contributed by atoms with Crippen LogP contribution in [0.2, 0.25) is 0 Å². The van der Waals surface area contributed by atoms with Crippen LogP contribution in [-0.2, 0) is 0 Å². The number of anilines is 1. The molecule has 0 aliphatic carbocycles. The van der Waals surface area contributed by atoms with E-state index in [1.54, 1.807) is 0 Å². The molecule has 2 aromatic carbocycles. The molecule has 0 heterocycles. The minimum atomic E-state index is 1.03. The van der Waals surface area contributed by atoms with Gasteiger partial charge in [0, 0.05) is 12.2 Å². The van der Waals surface area contributed by atoms with Crippen molar-refractivity contribution in [3.8, 4) is 11.1 Å². The summed E-state index contributed by atoms with van der Waals surface area (Å²) in [4.78, 5) is 0. The average Bonchev–Trinajstić information content (AvgIpc) is 2.37. The van der Waals surface area contributed by atoms with Crippen molar-refractivity contribution in [1.82, 2.24) is 0 Å². The Balaban J connectivity index is 2.17. The Labute approximate surface area is 103 Å². The topological polar surface area (TPSA) is 12.0 Å². The van der Waals surface area contributed by atoms with Gasteiger partial charge in [0.15, 0.2) is 0 Å². The fraction of sp³-hybridized carbons (Fsp3) is 0.250. The minimum absolute atomic E-state index is 1.03. The van der Waals surface area contributed by atoms with E-state index >= 15 is 0 Å². The van der Waals surface area contributed by atoms with Crippen molar-refractivity contribution in [1.29, 1.82) is 0 Å². The van der Waals surface area contributed by atoms with E-state index in [0.29, 0.717) is 0 Å². The molecule has 0 radical (unpaired) electrons. The molecule has 0 spiro atoms. The first kappa shape index (κ1) is 11.7. The fourth-order valence-corrected chi connectivity index (χ4v) is 1.87. The van der Waals surface area contributed by atoms with E-state index in [1.807, 2.05) is 0 Å². The summed E-state index contributed by atoms with van der Waals surface area (Å²) in [7, 11) is 0. The number of benzene rings is 2. The van der Waals surface area contributed by atoms with Gasteiger partial charge in [-0.2, -0.15) is 0 Å². The van der Waals surface area contributed by atoms with Crippen molar-refractivity contribution in [2.45, 2.75) is 20.3 Å². The Bertz CT molecular complexity index is 471. The number of nitrogens with one attached hydrogen (secondary N) is 1. The summed E-state index contributed by atoms with van der Waals surface area (Å²) in [5.41, 5.74) is 5.06. The summed E-state index contributed by atoms with van der Waals surface area (Å²) in [6.45, 7) is 5.33. The van der Waals surface area contributed by atoms with Crippen LogP contribution in [0.25, 0.3) is 11.1 Å². The molecular formula is C16H19N. The lowest BCUT2D eigenvalue weighted by atomic mass is 10.0. The summed E-state index contributed by atoms with van der Waals surface area (Å²) in [6.07, 6.45) is 1.15. The molecule has 0 unspecified atom stereocenters. The predicted molar refractivity (Wildman–Crippen MR) is 75.4 cm³/mol. The lowest BCUT2D eigenvalue weighted by Crippen LogP contribution is -1.98. The van der Waals surface area contributed by atoms with Crippen molar-refractivity contribution < 1.29 is 0 Å². The van der Waals surface area contributed by atoms with Crippen LogP contribution >= 0.6 is 0 Å². The molecule has 1 N–H and O–H groups in total. The molecule has 0 aliphatic rings. The zero-order valence-electron chi connectivity index (χ0n) is 10.5. The van der Waals surface area contributed by atoms with Gasteiger partial charge in [-0.25, -0.2) is 0 Å². The highest BCUT2D eigenvalue weighted by Crippen LogP contribution is 2.22. The maximum atomic E-state index is 3.38. The van der Waals surface area contributed by atoms with Gasteiger partial charge in [-0.1, -0.05) is 48.9 Å². The molecular weight excluding hydrogens is 206 g/mol. The Morgan fingerprint density at radius 2 is 1.71 bits per heavy atom. The lowest BCUT2D eigenvalue weighted by molar-refractivity contribution is 0.980. The van der Waals surface area contributed by atoms with E-state index in [0.717, 1.165) is 13.0 Å². The maximum Gasteiger partial charge on any atom is 0.0340 e. The third-order valence-corrected chi connectivity index (χ3v) is 2.82. The molecule has 0 bridgehead atoms. The van der Waals surface area contributed by atoms with Crippen LogP contribution in [0, 0.1) is 6.92 Å². The van der Waals surface area contributed by atoms with Gasteiger partial charge in [0.1, 0.15) is 0 Å². The highest BCUT2D eigenvalue weighted by molar-refractivity contribution is 5.66. The maximum absolute atomic E-state index is 3.38. The molecule has 1 heteroatoms. The van der Waals surface area contributed by atoms with E-state index in [2.05, 4.69) is 67.7 Å². The first-order valence-electron chi connectivity index (χ1n) is 6.20. The first-order valence-corrected chi connectivity index (χ1v) is 6.20. The predicted octanol–water partition coefficient (Wildman–Crippen LogP) is 4.48. The molecule has 2 aromatic rings. The van der Waals surface area contributed by atoms with Gasteiger partial charge in [0.2, 0.25) is 0 Å². The van der Waals surface area contributed by atoms with Gasteiger partial charge in [-0.05, 0) is 36.6 Å². The van der Waals surface area contributed by atoms with Crippen molar-refractivity contribution in [3.05, 3.63) is 54.1 Å². The normalized spacial score (nSPS) is 10.2. The molecule has 0 aliphatic heterocycles. The van der Waals surface area contributed by atoms with Crippen molar-refractivity contribution in [2.24, 2.45) is 0 Å². The summed E-state index contributed by atoms with van der Waals surface area (Å²) in [5, 5.41) is 3.38. The van der Waals surface area contributed by atoms with Crippen LogP contribution in [0.5, 0.6) is 0 Å². The monoisotopic (exact) mass is 225 g/mol. The molecule has 0 saturated carbocycles. The van der Waals surface area contributed by atoms with Crippen LogP contribution in [0.1, 0.15) is 18.9 Å². The third-order valence-electron chi connectivity index (χ3n) is 2.82. The molecule has 88 valence electrons. The summed E-state index contributed by atoms with van der Waals surface area (Å²) in [6, 6.07) is 17.2. The Kier molecular flexibility index (Phi) is 3.81. The summed E-state index contributed by atoms with van der Waals surface area (Å²) in [5.74, 6) is 0. The average molecular weight is 225 g/mol. The van der Waals surface area contributed by atoms with Crippen LogP contribution < -0.4 is 5.32 Å². The molecule has 0 aromatic heterocycles.